The minimum Gasteiger partial charge on any atom is -0.497 e. The van der Waals surface area contributed by atoms with Crippen molar-refractivity contribution >= 4 is 35.4 Å². The van der Waals surface area contributed by atoms with Gasteiger partial charge in [-0.3, -0.25) is 19.9 Å². The first-order valence-electron chi connectivity index (χ1n) is 7.63. The van der Waals surface area contributed by atoms with E-state index < -0.39 is 29.6 Å². The maximum Gasteiger partial charge on any atom is 0.335 e. The van der Waals surface area contributed by atoms with E-state index in [1.807, 2.05) is 0 Å². The molecule has 0 spiro atoms. The Balaban J connectivity index is 1.91. The number of rotatable bonds is 4. The van der Waals surface area contributed by atoms with Crippen LogP contribution in [0, 0.1) is 11.7 Å². The molecule has 0 aromatic heterocycles. The third-order valence-corrected chi connectivity index (χ3v) is 3.73. The quantitative estimate of drug-likeness (QED) is 0.674. The summed E-state index contributed by atoms with van der Waals surface area (Å²) in [6.45, 7) is 0. The molecule has 1 aliphatic rings. The number of hydrogen-bond acceptors (Lipinski definition) is 5. The fourth-order valence-electron chi connectivity index (χ4n) is 2.43. The van der Waals surface area contributed by atoms with Crippen molar-refractivity contribution in [3.05, 3.63) is 54.3 Å². The summed E-state index contributed by atoms with van der Waals surface area (Å²) in [4.78, 5) is 41.5. The minimum absolute atomic E-state index is 0.0158. The maximum atomic E-state index is 13.6. The molecule has 132 valence electrons. The SMILES string of the molecule is COc1cccc(N2C(=O)NC(=O)[C@@H](C=Nc3ccccc3F)C2=O)c1. The zero-order chi connectivity index (χ0) is 18.7. The lowest BCUT2D eigenvalue weighted by Gasteiger charge is -2.28. The highest BCUT2D eigenvalue weighted by Gasteiger charge is 2.40. The fourth-order valence-corrected chi connectivity index (χ4v) is 2.43. The second-order valence-corrected chi connectivity index (χ2v) is 5.38. The number of imide groups is 2. The van der Waals surface area contributed by atoms with Crippen LogP contribution in [-0.4, -0.2) is 31.2 Å². The zero-order valence-corrected chi connectivity index (χ0v) is 13.7. The summed E-state index contributed by atoms with van der Waals surface area (Å²) < 4.78 is 18.7. The molecule has 0 saturated carbocycles. The van der Waals surface area contributed by atoms with Gasteiger partial charge in [0.1, 0.15) is 11.6 Å². The van der Waals surface area contributed by atoms with Gasteiger partial charge in [-0.15, -0.1) is 0 Å². The van der Waals surface area contributed by atoms with E-state index in [2.05, 4.69) is 10.3 Å². The number of carbonyl (C=O) groups excluding carboxylic acids is 3. The van der Waals surface area contributed by atoms with Crippen LogP contribution in [0.1, 0.15) is 0 Å². The number of para-hydroxylation sites is 1. The van der Waals surface area contributed by atoms with Crippen molar-refractivity contribution in [2.24, 2.45) is 10.9 Å². The number of aliphatic imine (C=N–C) groups is 1. The molecule has 1 atom stereocenters. The number of methoxy groups -OCH3 is 1. The third-order valence-electron chi connectivity index (χ3n) is 3.73. The Hall–Kier alpha value is -3.55. The van der Waals surface area contributed by atoms with Gasteiger partial charge in [-0.05, 0) is 24.3 Å². The van der Waals surface area contributed by atoms with Crippen LogP contribution in [-0.2, 0) is 9.59 Å². The molecule has 1 heterocycles. The maximum absolute atomic E-state index is 13.6. The number of benzene rings is 2. The van der Waals surface area contributed by atoms with Crippen LogP contribution in [0.5, 0.6) is 5.75 Å². The van der Waals surface area contributed by atoms with Crippen molar-refractivity contribution < 1.29 is 23.5 Å². The van der Waals surface area contributed by atoms with E-state index in [9.17, 15) is 18.8 Å². The smallest absolute Gasteiger partial charge is 0.335 e. The molecule has 0 bridgehead atoms. The Kier molecular flexibility index (Phi) is 4.74. The number of anilines is 1. The second-order valence-electron chi connectivity index (χ2n) is 5.38. The molecule has 26 heavy (non-hydrogen) atoms. The number of hydrogen-bond donors (Lipinski definition) is 1. The van der Waals surface area contributed by atoms with E-state index in [0.717, 1.165) is 11.1 Å². The van der Waals surface area contributed by atoms with Crippen molar-refractivity contribution in [1.82, 2.24) is 5.32 Å². The Bertz CT molecular complexity index is 913. The molecule has 1 aliphatic heterocycles. The average Bonchev–Trinajstić information content (AvgIpc) is 2.63. The van der Waals surface area contributed by atoms with E-state index >= 15 is 0 Å². The summed E-state index contributed by atoms with van der Waals surface area (Å²) in [6.07, 6.45) is 1.02. The monoisotopic (exact) mass is 355 g/mol. The largest absolute Gasteiger partial charge is 0.497 e. The Morgan fingerprint density at radius 2 is 1.92 bits per heavy atom. The van der Waals surface area contributed by atoms with Gasteiger partial charge in [0.15, 0.2) is 5.92 Å². The van der Waals surface area contributed by atoms with Gasteiger partial charge in [0, 0.05) is 12.3 Å². The molecule has 0 aliphatic carbocycles. The van der Waals surface area contributed by atoms with Gasteiger partial charge < -0.3 is 4.74 Å². The van der Waals surface area contributed by atoms with E-state index in [1.54, 1.807) is 18.2 Å². The van der Waals surface area contributed by atoms with Gasteiger partial charge in [0.05, 0.1) is 18.5 Å². The van der Waals surface area contributed by atoms with Crippen molar-refractivity contribution in [3.63, 3.8) is 0 Å². The van der Waals surface area contributed by atoms with Crippen LogP contribution in [0.25, 0.3) is 0 Å². The van der Waals surface area contributed by atoms with Crippen molar-refractivity contribution in [2.75, 3.05) is 12.0 Å². The minimum atomic E-state index is -1.36. The molecule has 0 unspecified atom stereocenters. The van der Waals surface area contributed by atoms with Crippen LogP contribution >= 0.6 is 0 Å². The summed E-state index contributed by atoms with van der Waals surface area (Å²) in [5, 5.41) is 2.10. The van der Waals surface area contributed by atoms with E-state index in [1.165, 1.54) is 37.4 Å². The van der Waals surface area contributed by atoms with E-state index in [-0.39, 0.29) is 11.4 Å². The molecule has 1 N–H and O–H groups in total. The normalized spacial score (nSPS) is 17.5. The van der Waals surface area contributed by atoms with Gasteiger partial charge >= 0.3 is 6.03 Å². The number of ether oxygens (including phenoxy) is 1. The van der Waals surface area contributed by atoms with Crippen LogP contribution in [0.4, 0.5) is 20.6 Å². The number of urea groups is 1. The molecule has 2 aromatic carbocycles. The van der Waals surface area contributed by atoms with Gasteiger partial charge in [-0.1, -0.05) is 18.2 Å². The Morgan fingerprint density at radius 1 is 1.15 bits per heavy atom. The van der Waals surface area contributed by atoms with Gasteiger partial charge in [-0.2, -0.15) is 0 Å². The first kappa shape index (κ1) is 17.3. The second kappa shape index (κ2) is 7.14. The fraction of sp³-hybridized carbons (Fsp3) is 0.111. The molecule has 7 nitrogen and oxygen atoms in total. The zero-order valence-electron chi connectivity index (χ0n) is 13.7. The van der Waals surface area contributed by atoms with Crippen LogP contribution in [0.2, 0.25) is 0 Å². The number of halogens is 1. The third kappa shape index (κ3) is 3.30. The van der Waals surface area contributed by atoms with Gasteiger partial charge in [0.2, 0.25) is 5.91 Å². The Morgan fingerprint density at radius 3 is 2.65 bits per heavy atom. The number of nitrogens with zero attached hydrogens (tertiary/aromatic N) is 2. The topological polar surface area (TPSA) is 88.1 Å². The van der Waals surface area contributed by atoms with Gasteiger partial charge in [0.25, 0.3) is 5.91 Å². The molecule has 1 saturated heterocycles. The van der Waals surface area contributed by atoms with Crippen molar-refractivity contribution in [1.29, 1.82) is 0 Å². The molecule has 3 rings (SSSR count). The number of barbiturate groups is 1. The molecular weight excluding hydrogens is 341 g/mol. The van der Waals surface area contributed by atoms with E-state index in [0.29, 0.717) is 5.75 Å². The number of carbonyl (C=O) groups is 3. The predicted molar refractivity (Wildman–Crippen MR) is 92.1 cm³/mol. The highest BCUT2D eigenvalue weighted by molar-refractivity contribution is 6.32. The molecule has 0 radical (unpaired) electrons. The van der Waals surface area contributed by atoms with Crippen molar-refractivity contribution in [3.8, 4) is 5.75 Å². The molecule has 4 amide bonds. The lowest BCUT2D eigenvalue weighted by atomic mass is 10.1. The summed E-state index contributed by atoms with van der Waals surface area (Å²) >= 11 is 0. The standard InChI is InChI=1S/C18H14FN3O4/c1-26-12-6-4-5-11(9-12)22-17(24)13(16(23)21-18(22)25)10-20-15-8-3-2-7-14(15)19/h2-10,13H,1H3,(H,21,23,25)/t13-/m1/s1. The first-order chi connectivity index (χ1) is 12.5. The highest BCUT2D eigenvalue weighted by atomic mass is 19.1. The summed E-state index contributed by atoms with van der Waals surface area (Å²) in [7, 11) is 1.45. The van der Waals surface area contributed by atoms with Crippen LogP contribution in [0.3, 0.4) is 0 Å². The van der Waals surface area contributed by atoms with Crippen molar-refractivity contribution in [2.45, 2.75) is 0 Å². The number of amides is 4. The molecule has 2 aromatic rings. The van der Waals surface area contributed by atoms with Gasteiger partial charge in [-0.25, -0.2) is 14.1 Å². The average molecular weight is 355 g/mol. The Labute approximate surface area is 148 Å². The lowest BCUT2D eigenvalue weighted by Crippen LogP contribution is -2.58. The lowest BCUT2D eigenvalue weighted by molar-refractivity contribution is -0.131. The summed E-state index contributed by atoms with van der Waals surface area (Å²) in [5.74, 6) is -3.12. The van der Waals surface area contributed by atoms with E-state index in [4.69, 9.17) is 4.74 Å². The van der Waals surface area contributed by atoms with Crippen LogP contribution < -0.4 is 15.0 Å². The molecule has 8 heteroatoms. The highest BCUT2D eigenvalue weighted by Crippen LogP contribution is 2.25. The van der Waals surface area contributed by atoms with Crippen LogP contribution in [0.15, 0.2) is 53.5 Å². The summed E-state index contributed by atoms with van der Waals surface area (Å²) in [6, 6.07) is 11.1. The summed E-state index contributed by atoms with van der Waals surface area (Å²) in [5.41, 5.74) is 0.224. The molecule has 1 fully saturated rings. The predicted octanol–water partition coefficient (Wildman–Crippen LogP) is 2.44. The number of nitrogens with one attached hydrogen (secondary N) is 1. The first-order valence-corrected chi connectivity index (χ1v) is 7.63. The molecular formula is C18H14FN3O4.